The fraction of sp³-hybridized carbons (Fsp3) is 0.400. The minimum atomic E-state index is 0.157. The normalized spacial score (nSPS) is 12.4. The topological polar surface area (TPSA) is 53.1 Å². The van der Waals surface area contributed by atoms with Crippen molar-refractivity contribution in [2.75, 3.05) is 7.11 Å². The molecule has 1 unspecified atom stereocenters. The van der Waals surface area contributed by atoms with Gasteiger partial charge in [-0.2, -0.15) is 0 Å². The first-order valence-electron chi connectivity index (χ1n) is 6.56. The van der Waals surface area contributed by atoms with Crippen molar-refractivity contribution in [3.8, 4) is 5.75 Å². The van der Waals surface area contributed by atoms with Gasteiger partial charge in [0, 0.05) is 25.2 Å². The molecule has 2 rings (SSSR count). The molecule has 0 saturated carbocycles. The minimum Gasteiger partial charge on any atom is -0.497 e. The highest BCUT2D eigenvalue weighted by molar-refractivity contribution is 5.27. The first-order chi connectivity index (χ1) is 9.17. The molecule has 0 aliphatic carbocycles. The Morgan fingerprint density at radius 3 is 2.68 bits per heavy atom. The molecule has 0 fully saturated rings. The number of aryl methyl sites for hydroxylation is 2. The average Bonchev–Trinajstić information content (AvgIpc) is 2.84. The van der Waals surface area contributed by atoms with Crippen molar-refractivity contribution in [3.63, 3.8) is 0 Å². The van der Waals surface area contributed by atoms with E-state index in [2.05, 4.69) is 27.9 Å². The third kappa shape index (κ3) is 4.10. The van der Waals surface area contributed by atoms with Gasteiger partial charge in [-0.1, -0.05) is 12.1 Å². The van der Waals surface area contributed by atoms with Gasteiger partial charge in [0.05, 0.1) is 19.1 Å². The summed E-state index contributed by atoms with van der Waals surface area (Å²) in [6.07, 6.45) is 5.77. The lowest BCUT2D eigenvalue weighted by Crippen LogP contribution is -2.17. The fourth-order valence-corrected chi connectivity index (χ4v) is 2.01. The third-order valence-electron chi connectivity index (χ3n) is 3.04. The van der Waals surface area contributed by atoms with Gasteiger partial charge in [-0.05, 0) is 31.0 Å². The molecule has 4 heteroatoms. The standard InChI is InChI=1S/C15H21N3O/c1-12(16)9-14-10-18(11-17-14)8-7-13-3-5-15(19-2)6-4-13/h3-6,10-12H,7-9,16H2,1-2H3. The van der Waals surface area contributed by atoms with E-state index in [4.69, 9.17) is 10.5 Å². The molecule has 1 aromatic heterocycles. The number of hydrogen-bond donors (Lipinski definition) is 1. The molecule has 0 saturated heterocycles. The number of methoxy groups -OCH3 is 1. The third-order valence-corrected chi connectivity index (χ3v) is 3.04. The van der Waals surface area contributed by atoms with Crippen molar-refractivity contribution >= 4 is 0 Å². The van der Waals surface area contributed by atoms with Crippen LogP contribution in [0.5, 0.6) is 5.75 Å². The Morgan fingerprint density at radius 1 is 1.32 bits per heavy atom. The first kappa shape index (κ1) is 13.6. The summed E-state index contributed by atoms with van der Waals surface area (Å²) in [7, 11) is 1.68. The maximum Gasteiger partial charge on any atom is 0.118 e. The van der Waals surface area contributed by atoms with E-state index < -0.39 is 0 Å². The highest BCUT2D eigenvalue weighted by Gasteiger charge is 2.02. The zero-order valence-electron chi connectivity index (χ0n) is 11.5. The molecular formula is C15H21N3O. The zero-order chi connectivity index (χ0) is 13.7. The molecule has 0 spiro atoms. The Hall–Kier alpha value is -1.81. The van der Waals surface area contributed by atoms with Gasteiger partial charge >= 0.3 is 0 Å². The molecule has 102 valence electrons. The molecule has 1 atom stereocenters. The van der Waals surface area contributed by atoms with Crippen LogP contribution < -0.4 is 10.5 Å². The van der Waals surface area contributed by atoms with Gasteiger partial charge in [0.15, 0.2) is 0 Å². The molecule has 2 N–H and O–H groups in total. The van der Waals surface area contributed by atoms with Gasteiger partial charge in [0.2, 0.25) is 0 Å². The number of nitrogens with two attached hydrogens (primary N) is 1. The van der Waals surface area contributed by atoms with E-state index in [1.165, 1.54) is 5.56 Å². The highest BCUT2D eigenvalue weighted by atomic mass is 16.5. The van der Waals surface area contributed by atoms with Crippen LogP contribution in [0.15, 0.2) is 36.8 Å². The Balaban J connectivity index is 1.89. The molecule has 0 aliphatic rings. The second-order valence-corrected chi connectivity index (χ2v) is 4.88. The van der Waals surface area contributed by atoms with Crippen LogP contribution in [0.4, 0.5) is 0 Å². The van der Waals surface area contributed by atoms with Crippen LogP contribution >= 0.6 is 0 Å². The number of aromatic nitrogens is 2. The van der Waals surface area contributed by atoms with Gasteiger partial charge in [-0.15, -0.1) is 0 Å². The van der Waals surface area contributed by atoms with Crippen LogP contribution in [-0.4, -0.2) is 22.7 Å². The number of hydrogen-bond acceptors (Lipinski definition) is 3. The summed E-state index contributed by atoms with van der Waals surface area (Å²) in [6.45, 7) is 2.93. The van der Waals surface area contributed by atoms with E-state index in [9.17, 15) is 0 Å². The van der Waals surface area contributed by atoms with Gasteiger partial charge in [0.1, 0.15) is 5.75 Å². The predicted molar refractivity (Wildman–Crippen MR) is 76.3 cm³/mol. The zero-order valence-corrected chi connectivity index (χ0v) is 11.5. The van der Waals surface area contributed by atoms with E-state index in [0.717, 1.165) is 30.8 Å². The smallest absolute Gasteiger partial charge is 0.118 e. The van der Waals surface area contributed by atoms with E-state index in [-0.39, 0.29) is 6.04 Å². The SMILES string of the molecule is COc1ccc(CCn2cnc(CC(C)N)c2)cc1. The molecule has 19 heavy (non-hydrogen) atoms. The molecule has 1 aromatic carbocycles. The summed E-state index contributed by atoms with van der Waals surface area (Å²) in [5, 5.41) is 0. The van der Waals surface area contributed by atoms with Crippen LogP contribution in [0.1, 0.15) is 18.2 Å². The first-order valence-corrected chi connectivity index (χ1v) is 6.56. The van der Waals surface area contributed by atoms with Crippen molar-refractivity contribution in [3.05, 3.63) is 48.0 Å². The van der Waals surface area contributed by atoms with Crippen LogP contribution in [0, 0.1) is 0 Å². The highest BCUT2D eigenvalue weighted by Crippen LogP contribution is 2.12. The summed E-state index contributed by atoms with van der Waals surface area (Å²) in [5.41, 5.74) is 8.12. The Labute approximate surface area is 114 Å². The van der Waals surface area contributed by atoms with Crippen molar-refractivity contribution in [2.24, 2.45) is 5.73 Å². The lowest BCUT2D eigenvalue weighted by Gasteiger charge is -2.04. The summed E-state index contributed by atoms with van der Waals surface area (Å²) in [6, 6.07) is 8.33. The molecule has 2 aromatic rings. The summed E-state index contributed by atoms with van der Waals surface area (Å²) < 4.78 is 7.26. The second-order valence-electron chi connectivity index (χ2n) is 4.88. The van der Waals surface area contributed by atoms with Crippen LogP contribution in [0.3, 0.4) is 0 Å². The molecule has 1 heterocycles. The van der Waals surface area contributed by atoms with E-state index in [1.807, 2.05) is 25.4 Å². The van der Waals surface area contributed by atoms with Crippen molar-refractivity contribution in [1.29, 1.82) is 0 Å². The second kappa shape index (κ2) is 6.38. The molecule has 0 bridgehead atoms. The molecule has 4 nitrogen and oxygen atoms in total. The van der Waals surface area contributed by atoms with Crippen LogP contribution in [0.25, 0.3) is 0 Å². The fourth-order valence-electron chi connectivity index (χ4n) is 2.01. The van der Waals surface area contributed by atoms with Gasteiger partial charge < -0.3 is 15.0 Å². The van der Waals surface area contributed by atoms with Crippen LogP contribution in [-0.2, 0) is 19.4 Å². The molecule has 0 amide bonds. The Bertz CT molecular complexity index is 502. The summed E-state index contributed by atoms with van der Waals surface area (Å²) >= 11 is 0. The van der Waals surface area contributed by atoms with E-state index in [0.29, 0.717) is 0 Å². The lowest BCUT2D eigenvalue weighted by atomic mass is 10.1. The Morgan fingerprint density at radius 2 is 2.05 bits per heavy atom. The maximum atomic E-state index is 5.76. The van der Waals surface area contributed by atoms with Crippen molar-refractivity contribution in [1.82, 2.24) is 9.55 Å². The summed E-state index contributed by atoms with van der Waals surface area (Å²) in [4.78, 5) is 4.36. The molecule has 0 radical (unpaired) electrons. The van der Waals surface area contributed by atoms with Gasteiger partial charge in [0.25, 0.3) is 0 Å². The quantitative estimate of drug-likeness (QED) is 0.863. The van der Waals surface area contributed by atoms with E-state index in [1.54, 1.807) is 7.11 Å². The lowest BCUT2D eigenvalue weighted by molar-refractivity contribution is 0.414. The summed E-state index contributed by atoms with van der Waals surface area (Å²) in [5.74, 6) is 0.894. The molecular weight excluding hydrogens is 238 g/mol. The number of ether oxygens (including phenoxy) is 1. The Kier molecular flexibility index (Phi) is 4.58. The number of imidazole rings is 1. The largest absolute Gasteiger partial charge is 0.497 e. The van der Waals surface area contributed by atoms with Gasteiger partial charge in [-0.3, -0.25) is 0 Å². The maximum absolute atomic E-state index is 5.76. The van der Waals surface area contributed by atoms with Crippen molar-refractivity contribution < 1.29 is 4.74 Å². The monoisotopic (exact) mass is 259 g/mol. The average molecular weight is 259 g/mol. The van der Waals surface area contributed by atoms with Crippen LogP contribution in [0.2, 0.25) is 0 Å². The van der Waals surface area contributed by atoms with E-state index >= 15 is 0 Å². The minimum absolute atomic E-state index is 0.157. The predicted octanol–water partition coefficient (Wildman–Crippen LogP) is 2.02. The number of benzene rings is 1. The van der Waals surface area contributed by atoms with Gasteiger partial charge in [-0.25, -0.2) is 4.98 Å². The van der Waals surface area contributed by atoms with Crippen molar-refractivity contribution in [2.45, 2.75) is 32.4 Å². The molecule has 0 aliphatic heterocycles. The number of rotatable bonds is 6. The number of nitrogens with zero attached hydrogens (tertiary/aromatic N) is 2.